The Kier molecular flexibility index (Phi) is 35.5. The predicted molar refractivity (Wildman–Crippen MR) is 496 cm³/mol. The van der Waals surface area contributed by atoms with Gasteiger partial charge in [-0.3, -0.25) is 24.0 Å². The number of halogens is 4. The van der Waals surface area contributed by atoms with E-state index < -0.39 is 59.7 Å². The van der Waals surface area contributed by atoms with E-state index in [0.29, 0.717) is 149 Å². The second-order valence-electron chi connectivity index (χ2n) is 30.1. The molecular formula is C95H104Br2F2N4O23S2. The van der Waals surface area contributed by atoms with Crippen LogP contribution in [0.1, 0.15) is 131 Å². The number of Topliss-reactive ketones (excluding diaryl/α,β-unsaturated/α-hetero) is 1. The summed E-state index contributed by atoms with van der Waals surface area (Å²) in [7, 11) is -2.23. The van der Waals surface area contributed by atoms with Crippen LogP contribution in [0.2, 0.25) is 0 Å². The van der Waals surface area contributed by atoms with Crippen LogP contribution < -0.4 is 53.1 Å². The summed E-state index contributed by atoms with van der Waals surface area (Å²) in [5.41, 5.74) is 4.47. The molecule has 0 aliphatic heterocycles. The van der Waals surface area contributed by atoms with Crippen molar-refractivity contribution in [3.8, 4) is 22.6 Å². The highest BCUT2D eigenvalue weighted by molar-refractivity contribution is 9.11. The molecule has 33 heteroatoms. The molecule has 0 bridgehead atoms. The standard InChI is InChI=1S/C30H30FNO5.C21H21BrFNO4.C21H22BrNO7S.C21H23NO7S.2CH4/c1-18(33)15-21-9-7-11-23(16-21)26-20(3)32(13-8-14-36-4)29(34)27-24(19(2)30(35)37-28(26)27)17-22-10-5-6-12-25(22)31;1-12-15(11-14-7-4-5-8-16(14)23)17-19(28-21(12)26)18(22)13(2)24(20(17)25)9-6-10-27-3;1-12-6-8-15(9-7-12)31(26,27)30-18-13(2)21(25)29-19-16(18)20(24)23(10-5-11-28-4)14(3)17(19)22;1-13-6-8-16(9-7-13)30(25,26)29-19-15(3)21(24)28-17-12-14(2)22(10-5-11-27-4)20(23)18(17)19;;/h5-7,9-12,16H,8,13-15,17H2,1-4H3;4-5,7-8H,6,9-11H2,1-3H3;6-9H,5,10-11H2,1-4H3;6-9,12H,5,10-11H2,1-4H3;2*1H4. The van der Waals surface area contributed by atoms with Crippen LogP contribution in [0.25, 0.3) is 55.0 Å². The van der Waals surface area contributed by atoms with Crippen molar-refractivity contribution < 1.29 is 75.4 Å². The van der Waals surface area contributed by atoms with Crippen molar-refractivity contribution in [2.24, 2.45) is 0 Å². The van der Waals surface area contributed by atoms with Crippen LogP contribution in [0.4, 0.5) is 8.78 Å². The molecule has 128 heavy (non-hydrogen) atoms. The first-order valence-corrected chi connectivity index (χ1v) is 44.4. The Labute approximate surface area is 754 Å². The molecule has 0 amide bonds. The average Bonchev–Trinajstić information content (AvgIpc) is 0.742. The zero-order chi connectivity index (χ0) is 92.1. The van der Waals surface area contributed by atoms with Crippen LogP contribution in [0.3, 0.4) is 0 Å². The predicted octanol–water partition coefficient (Wildman–Crippen LogP) is 16.6. The summed E-state index contributed by atoms with van der Waals surface area (Å²) in [6, 6.07) is 33.8. The monoisotopic (exact) mass is 1930 g/mol. The van der Waals surface area contributed by atoms with E-state index >= 15 is 0 Å². The molecule has 0 aliphatic carbocycles. The molecule has 27 nitrogen and oxygen atoms in total. The van der Waals surface area contributed by atoms with Gasteiger partial charge in [-0.1, -0.05) is 111 Å². The number of pyridine rings is 4. The first-order valence-electron chi connectivity index (χ1n) is 40.0. The molecule has 0 unspecified atom stereocenters. The minimum absolute atomic E-state index is 0. The Balaban J connectivity index is 0.000000211. The molecule has 0 saturated heterocycles. The Bertz CT molecular complexity index is 7090. The number of aromatic nitrogens is 4. The highest BCUT2D eigenvalue weighted by Gasteiger charge is 2.31. The van der Waals surface area contributed by atoms with Gasteiger partial charge in [0, 0.05) is 146 Å². The number of carbonyl (C=O) groups is 1. The fourth-order valence-corrected chi connectivity index (χ4v) is 17.3. The van der Waals surface area contributed by atoms with Crippen molar-refractivity contribution >= 4 is 102 Å². The average molecular weight is 1930 g/mol. The molecule has 8 aromatic heterocycles. The molecule has 0 radical (unpaired) electrons. The maximum absolute atomic E-state index is 14.6. The van der Waals surface area contributed by atoms with Gasteiger partial charge in [0.1, 0.15) is 43.6 Å². The van der Waals surface area contributed by atoms with Crippen molar-refractivity contribution in [2.45, 2.75) is 172 Å². The van der Waals surface area contributed by atoms with Gasteiger partial charge < -0.3 is 63.3 Å². The third kappa shape index (κ3) is 22.8. The maximum atomic E-state index is 14.6. The summed E-state index contributed by atoms with van der Waals surface area (Å²) in [5.74, 6) is -1.41. The highest BCUT2D eigenvalue weighted by atomic mass is 79.9. The van der Waals surface area contributed by atoms with Crippen LogP contribution in [0, 0.1) is 80.9 Å². The van der Waals surface area contributed by atoms with Crippen LogP contribution in [-0.2, 0) is 89.4 Å². The molecule has 0 N–H and O–H groups in total. The van der Waals surface area contributed by atoms with E-state index in [9.17, 15) is 68.8 Å². The van der Waals surface area contributed by atoms with Gasteiger partial charge in [-0.05, 0) is 203 Å². The van der Waals surface area contributed by atoms with E-state index in [0.717, 1.165) is 22.3 Å². The summed E-state index contributed by atoms with van der Waals surface area (Å²) in [6.07, 6.45) is 2.86. The fraction of sp³-hybridized carbons (Fsp3) is 0.337. The van der Waals surface area contributed by atoms with Gasteiger partial charge in [-0.15, -0.1) is 0 Å². The number of aryl methyl sites for hydroxylation is 3. The number of methoxy groups -OCH3 is 4. The van der Waals surface area contributed by atoms with E-state index in [-0.39, 0.29) is 133 Å². The number of fused-ring (bicyclic) bond motifs is 4. The summed E-state index contributed by atoms with van der Waals surface area (Å²) in [4.78, 5) is 115. The SMILES string of the molecule is C.C.COCCCn1c(C)c(-c2cccc(CC(C)=O)c2)c2oc(=O)c(C)c(Cc3ccccc3F)c2c1=O.COCCCn1c(C)c(Br)c2oc(=O)c(C)c(Cc3ccccc3F)c2c1=O.COCCCn1c(C)c(Br)c2oc(=O)c(C)c(OS(=O)(=O)c3ccc(C)cc3)c2c1=O.COCCCn1c(C)cc2oc(=O)c(C)c(OS(=O)(=O)c3ccc(C)cc3)c2c1=O. The third-order valence-electron chi connectivity index (χ3n) is 21.3. The van der Waals surface area contributed by atoms with E-state index in [1.165, 1.54) is 72.4 Å². The van der Waals surface area contributed by atoms with Gasteiger partial charge in [-0.2, -0.15) is 16.8 Å². The zero-order valence-corrected chi connectivity index (χ0v) is 77.0. The number of ketones is 1. The number of rotatable bonds is 29. The van der Waals surface area contributed by atoms with Crippen molar-refractivity contribution in [1.82, 2.24) is 18.3 Å². The van der Waals surface area contributed by atoms with Gasteiger partial charge in [0.2, 0.25) is 0 Å². The molecule has 13 aromatic rings. The number of ether oxygens (including phenoxy) is 4. The van der Waals surface area contributed by atoms with Gasteiger partial charge in [0.05, 0.1) is 30.8 Å². The van der Waals surface area contributed by atoms with Crippen molar-refractivity contribution in [2.75, 3.05) is 54.9 Å². The maximum Gasteiger partial charge on any atom is 0.343 e. The smallest absolute Gasteiger partial charge is 0.343 e. The van der Waals surface area contributed by atoms with E-state index in [2.05, 4.69) is 31.9 Å². The molecule has 5 aromatic carbocycles. The quantitative estimate of drug-likeness (QED) is 0.0310. The van der Waals surface area contributed by atoms with E-state index in [1.807, 2.05) is 45.0 Å². The van der Waals surface area contributed by atoms with Crippen molar-refractivity contribution in [1.29, 1.82) is 0 Å². The topological polar surface area (TPSA) is 350 Å². The summed E-state index contributed by atoms with van der Waals surface area (Å²) >= 11 is 6.84. The van der Waals surface area contributed by atoms with E-state index in [1.54, 1.807) is 133 Å². The first-order chi connectivity index (χ1) is 59.8. The van der Waals surface area contributed by atoms with Crippen LogP contribution in [0.5, 0.6) is 11.5 Å². The van der Waals surface area contributed by atoms with Gasteiger partial charge in [-0.25, -0.2) is 28.0 Å². The zero-order valence-electron chi connectivity index (χ0n) is 72.2. The molecule has 0 saturated carbocycles. The Hall–Kier alpha value is -11.4. The number of benzene rings is 5. The highest BCUT2D eigenvalue weighted by Crippen LogP contribution is 2.37. The fourth-order valence-electron chi connectivity index (χ4n) is 14.3. The van der Waals surface area contributed by atoms with Gasteiger partial charge in [0.15, 0.2) is 28.2 Å². The number of hydrogen-bond donors (Lipinski definition) is 0. The summed E-state index contributed by atoms with van der Waals surface area (Å²) < 4.78 is 140. The van der Waals surface area contributed by atoms with Gasteiger partial charge in [0.25, 0.3) is 22.2 Å². The molecule has 0 aliphatic rings. The normalized spacial score (nSPS) is 11.3. The van der Waals surface area contributed by atoms with Crippen molar-refractivity contribution in [3.05, 3.63) is 315 Å². The largest absolute Gasteiger partial charge is 0.422 e. The van der Waals surface area contributed by atoms with Crippen molar-refractivity contribution in [3.63, 3.8) is 0 Å². The Morgan fingerprint density at radius 3 is 1.20 bits per heavy atom. The molecular weight excluding hydrogens is 1830 g/mol. The molecule has 0 fully saturated rings. The lowest BCUT2D eigenvalue weighted by Gasteiger charge is -2.19. The number of nitrogens with zero attached hydrogens (tertiary/aromatic N) is 4. The number of hydrogen-bond acceptors (Lipinski definition) is 23. The lowest BCUT2D eigenvalue weighted by Crippen LogP contribution is -2.27. The third-order valence-corrected chi connectivity index (χ3v) is 25.6. The van der Waals surface area contributed by atoms with Crippen LogP contribution >= 0.6 is 31.9 Å². The minimum Gasteiger partial charge on any atom is -0.422 e. The molecule has 8 heterocycles. The molecule has 13 rings (SSSR count). The van der Waals surface area contributed by atoms with Gasteiger partial charge >= 0.3 is 42.7 Å². The summed E-state index contributed by atoms with van der Waals surface area (Å²) in [6.45, 7) is 21.5. The molecule has 0 atom stereocenters. The molecule has 0 spiro atoms. The second kappa shape index (κ2) is 44.5. The lowest BCUT2D eigenvalue weighted by atomic mass is 9.93. The first kappa shape index (κ1) is 102. The summed E-state index contributed by atoms with van der Waals surface area (Å²) in [5, 5.41) is 0.346. The lowest BCUT2D eigenvalue weighted by molar-refractivity contribution is -0.116. The number of carbonyl (C=O) groups excluding carboxylic acids is 1. The molecule has 682 valence electrons. The van der Waals surface area contributed by atoms with E-state index in [4.69, 9.17) is 45.0 Å². The van der Waals surface area contributed by atoms with Crippen LogP contribution in [0.15, 0.2) is 202 Å². The minimum atomic E-state index is -4.30. The Morgan fingerprint density at radius 1 is 0.414 bits per heavy atom. The Morgan fingerprint density at radius 2 is 0.773 bits per heavy atom. The second-order valence-corrected chi connectivity index (χ2v) is 34.8. The van der Waals surface area contributed by atoms with Crippen LogP contribution in [-0.4, -0.2) is 95.8 Å².